The van der Waals surface area contributed by atoms with Crippen molar-refractivity contribution in [3.8, 4) is 11.5 Å². The number of ether oxygens (including phenoxy) is 1. The molecule has 0 aliphatic heterocycles. The summed E-state index contributed by atoms with van der Waals surface area (Å²) in [4.78, 5) is 8.36. The topological polar surface area (TPSA) is 63.5 Å². The molecule has 1 heterocycles. The predicted molar refractivity (Wildman–Crippen MR) is 113 cm³/mol. The molecule has 6 heteroatoms. The lowest BCUT2D eigenvalue weighted by Gasteiger charge is -2.15. The molecule has 3 aromatic rings. The molecule has 0 saturated heterocycles. The van der Waals surface area contributed by atoms with Gasteiger partial charge in [0.15, 0.2) is 5.96 Å². The van der Waals surface area contributed by atoms with Gasteiger partial charge < -0.3 is 19.9 Å². The fourth-order valence-corrected chi connectivity index (χ4v) is 2.81. The molecular weight excluding hydrogens is 350 g/mol. The number of aromatic nitrogens is 2. The minimum absolute atomic E-state index is 0.629. The van der Waals surface area contributed by atoms with Crippen LogP contribution in [0.4, 0.5) is 0 Å². The number of benzene rings is 2. The Kier molecular flexibility index (Phi) is 7.07. The van der Waals surface area contributed by atoms with Crippen molar-refractivity contribution in [3.05, 3.63) is 78.4 Å². The summed E-state index contributed by atoms with van der Waals surface area (Å²) in [6.07, 6.45) is 6.59. The zero-order valence-corrected chi connectivity index (χ0v) is 16.4. The zero-order chi connectivity index (χ0) is 19.6. The second-order valence-electron chi connectivity index (χ2n) is 6.53. The van der Waals surface area contributed by atoms with Crippen LogP contribution in [0.25, 0.3) is 0 Å². The van der Waals surface area contributed by atoms with Crippen LogP contribution >= 0.6 is 0 Å². The number of para-hydroxylation sites is 1. The first-order chi connectivity index (χ1) is 13.7. The highest BCUT2D eigenvalue weighted by Crippen LogP contribution is 2.26. The van der Waals surface area contributed by atoms with Crippen LogP contribution in [0, 0.1) is 6.92 Å². The van der Waals surface area contributed by atoms with Crippen molar-refractivity contribution in [2.24, 2.45) is 4.99 Å². The van der Waals surface area contributed by atoms with Crippen LogP contribution in [-0.4, -0.2) is 29.1 Å². The monoisotopic (exact) mass is 377 g/mol. The van der Waals surface area contributed by atoms with E-state index in [1.165, 1.54) is 0 Å². The van der Waals surface area contributed by atoms with Crippen LogP contribution in [0.3, 0.4) is 0 Å². The highest BCUT2D eigenvalue weighted by Gasteiger charge is 2.07. The number of guanidine groups is 1. The van der Waals surface area contributed by atoms with E-state index in [0.717, 1.165) is 48.1 Å². The summed E-state index contributed by atoms with van der Waals surface area (Å²) >= 11 is 0. The van der Waals surface area contributed by atoms with Crippen LogP contribution in [-0.2, 0) is 13.1 Å². The van der Waals surface area contributed by atoms with Gasteiger partial charge >= 0.3 is 0 Å². The van der Waals surface area contributed by atoms with Gasteiger partial charge in [0.25, 0.3) is 0 Å². The van der Waals surface area contributed by atoms with Gasteiger partial charge in [-0.3, -0.25) is 4.99 Å². The molecular formula is C22H27N5O. The molecule has 0 aliphatic rings. The van der Waals surface area contributed by atoms with Crippen LogP contribution in [0.15, 0.2) is 72.2 Å². The maximum Gasteiger partial charge on any atom is 0.191 e. The lowest BCUT2D eigenvalue weighted by molar-refractivity contribution is 0.474. The van der Waals surface area contributed by atoms with Crippen molar-refractivity contribution >= 4 is 5.96 Å². The number of hydrogen-bond donors (Lipinski definition) is 2. The first kappa shape index (κ1) is 19.5. The molecule has 0 aliphatic carbocycles. The lowest BCUT2D eigenvalue weighted by atomic mass is 10.1. The number of imidazole rings is 1. The van der Waals surface area contributed by atoms with E-state index in [-0.39, 0.29) is 0 Å². The van der Waals surface area contributed by atoms with Crippen molar-refractivity contribution < 1.29 is 4.74 Å². The number of hydrogen-bond acceptors (Lipinski definition) is 3. The van der Waals surface area contributed by atoms with Gasteiger partial charge in [0.05, 0.1) is 6.33 Å². The molecule has 3 rings (SSSR count). The molecule has 2 N–H and O–H groups in total. The van der Waals surface area contributed by atoms with E-state index in [1.807, 2.05) is 42.9 Å². The van der Waals surface area contributed by atoms with Crippen LogP contribution < -0.4 is 15.4 Å². The van der Waals surface area contributed by atoms with E-state index in [0.29, 0.717) is 6.54 Å². The summed E-state index contributed by atoms with van der Waals surface area (Å²) in [5.41, 5.74) is 2.24. The van der Waals surface area contributed by atoms with Crippen molar-refractivity contribution in [2.45, 2.75) is 26.4 Å². The molecule has 0 atom stereocenters. The molecule has 0 fully saturated rings. The Bertz CT molecular complexity index is 875. The Balaban J connectivity index is 1.53. The number of aryl methyl sites for hydroxylation is 2. The molecule has 0 bridgehead atoms. The SMILES string of the molecule is CN=C(NCCCn1ccnc1)NCc1ccc(C)cc1Oc1ccccc1. The Morgan fingerprint density at radius 1 is 1.14 bits per heavy atom. The molecule has 2 aromatic carbocycles. The van der Waals surface area contributed by atoms with Gasteiger partial charge in [-0.15, -0.1) is 0 Å². The van der Waals surface area contributed by atoms with Gasteiger partial charge in [-0.2, -0.15) is 0 Å². The third-order valence-corrected chi connectivity index (χ3v) is 4.31. The molecule has 0 spiro atoms. The predicted octanol–water partition coefficient (Wildman–Crippen LogP) is 3.74. The number of rotatable bonds is 8. The van der Waals surface area contributed by atoms with E-state index in [4.69, 9.17) is 4.74 Å². The highest BCUT2D eigenvalue weighted by molar-refractivity contribution is 5.79. The van der Waals surface area contributed by atoms with Gasteiger partial charge in [-0.05, 0) is 37.1 Å². The smallest absolute Gasteiger partial charge is 0.191 e. The molecule has 0 amide bonds. The summed E-state index contributed by atoms with van der Waals surface area (Å²) < 4.78 is 8.15. The molecule has 0 radical (unpaired) electrons. The molecule has 0 saturated carbocycles. The second-order valence-corrected chi connectivity index (χ2v) is 6.53. The van der Waals surface area contributed by atoms with Crippen molar-refractivity contribution in [1.82, 2.24) is 20.2 Å². The molecule has 0 unspecified atom stereocenters. The average molecular weight is 377 g/mol. The molecule has 6 nitrogen and oxygen atoms in total. The third-order valence-electron chi connectivity index (χ3n) is 4.31. The van der Waals surface area contributed by atoms with E-state index in [9.17, 15) is 0 Å². The fourth-order valence-electron chi connectivity index (χ4n) is 2.81. The largest absolute Gasteiger partial charge is 0.457 e. The summed E-state index contributed by atoms with van der Waals surface area (Å²) in [5, 5.41) is 6.71. The minimum atomic E-state index is 0.629. The third kappa shape index (κ3) is 5.87. The highest BCUT2D eigenvalue weighted by atomic mass is 16.5. The number of nitrogens with zero attached hydrogens (tertiary/aromatic N) is 3. The summed E-state index contributed by atoms with van der Waals surface area (Å²) in [6.45, 7) is 4.45. The first-order valence-electron chi connectivity index (χ1n) is 9.47. The van der Waals surface area contributed by atoms with Crippen LogP contribution in [0.2, 0.25) is 0 Å². The summed E-state index contributed by atoms with van der Waals surface area (Å²) in [5.74, 6) is 2.46. The minimum Gasteiger partial charge on any atom is -0.457 e. The maximum absolute atomic E-state index is 6.09. The van der Waals surface area contributed by atoms with Gasteiger partial charge in [-0.25, -0.2) is 4.98 Å². The number of aliphatic imine (C=N–C) groups is 1. The van der Waals surface area contributed by atoms with Crippen molar-refractivity contribution in [3.63, 3.8) is 0 Å². The Labute approximate surface area is 166 Å². The normalized spacial score (nSPS) is 11.3. The van der Waals surface area contributed by atoms with Crippen LogP contribution in [0.5, 0.6) is 11.5 Å². The van der Waals surface area contributed by atoms with Gasteiger partial charge in [0, 0.05) is 44.6 Å². The Morgan fingerprint density at radius 3 is 2.75 bits per heavy atom. The lowest BCUT2D eigenvalue weighted by Crippen LogP contribution is -2.37. The fraction of sp³-hybridized carbons (Fsp3) is 0.273. The van der Waals surface area contributed by atoms with E-state index in [1.54, 1.807) is 13.2 Å². The summed E-state index contributed by atoms with van der Waals surface area (Å²) in [6, 6.07) is 16.1. The number of nitrogens with one attached hydrogen (secondary N) is 2. The van der Waals surface area contributed by atoms with E-state index < -0.39 is 0 Å². The average Bonchev–Trinajstić information content (AvgIpc) is 3.23. The van der Waals surface area contributed by atoms with Gasteiger partial charge in [0.1, 0.15) is 11.5 Å². The van der Waals surface area contributed by atoms with Gasteiger partial charge in [0.2, 0.25) is 0 Å². The van der Waals surface area contributed by atoms with Crippen molar-refractivity contribution in [1.29, 1.82) is 0 Å². The van der Waals surface area contributed by atoms with Crippen LogP contribution in [0.1, 0.15) is 17.5 Å². The Morgan fingerprint density at radius 2 is 2.00 bits per heavy atom. The standard InChI is InChI=1S/C22H27N5O/c1-18-9-10-19(21(15-18)28-20-7-4-3-5-8-20)16-26-22(23-2)25-11-6-13-27-14-12-24-17-27/h3-5,7-10,12,14-15,17H,6,11,13,16H2,1-2H3,(H2,23,25,26). The quantitative estimate of drug-likeness (QED) is 0.357. The zero-order valence-electron chi connectivity index (χ0n) is 16.4. The van der Waals surface area contributed by atoms with E-state index in [2.05, 4.69) is 50.3 Å². The van der Waals surface area contributed by atoms with Gasteiger partial charge in [-0.1, -0.05) is 30.3 Å². The first-order valence-corrected chi connectivity index (χ1v) is 9.47. The Hall–Kier alpha value is -3.28. The molecule has 28 heavy (non-hydrogen) atoms. The van der Waals surface area contributed by atoms with Crippen molar-refractivity contribution in [2.75, 3.05) is 13.6 Å². The molecule has 1 aromatic heterocycles. The second kappa shape index (κ2) is 10.2. The summed E-state index contributed by atoms with van der Waals surface area (Å²) in [7, 11) is 1.78. The maximum atomic E-state index is 6.09. The van der Waals surface area contributed by atoms with E-state index >= 15 is 0 Å². The molecule has 146 valence electrons.